The van der Waals surface area contributed by atoms with E-state index in [1.54, 1.807) is 24.0 Å². The molecule has 0 aliphatic heterocycles. The number of nitrogens with zero attached hydrogens (tertiary/aromatic N) is 1. The van der Waals surface area contributed by atoms with Crippen molar-refractivity contribution in [1.82, 2.24) is 4.90 Å². The summed E-state index contributed by atoms with van der Waals surface area (Å²) >= 11 is 0. The second-order valence-electron chi connectivity index (χ2n) is 6.45. The van der Waals surface area contributed by atoms with E-state index < -0.39 is 10.0 Å². The van der Waals surface area contributed by atoms with Gasteiger partial charge in [-0.2, -0.15) is 0 Å². The third kappa shape index (κ3) is 5.81. The Morgan fingerprint density at radius 2 is 1.85 bits per heavy atom. The number of carbonyl (C=O) groups is 2. The summed E-state index contributed by atoms with van der Waals surface area (Å²) in [4.78, 5) is 26.0. The Labute approximate surface area is 154 Å². The molecule has 0 bridgehead atoms. The fourth-order valence-corrected chi connectivity index (χ4v) is 3.33. The molecule has 1 fully saturated rings. The molecule has 0 heterocycles. The number of benzene rings is 1. The van der Waals surface area contributed by atoms with Crippen LogP contribution in [-0.4, -0.2) is 44.9 Å². The first kappa shape index (κ1) is 20.4. The highest BCUT2D eigenvalue weighted by Crippen LogP contribution is 2.28. The van der Waals surface area contributed by atoms with E-state index in [1.165, 1.54) is 12.1 Å². The highest BCUT2D eigenvalue weighted by atomic mass is 32.2. The van der Waals surface area contributed by atoms with Gasteiger partial charge in [0.05, 0.1) is 17.9 Å². The number of rotatable bonds is 9. The van der Waals surface area contributed by atoms with Crippen molar-refractivity contribution in [3.63, 3.8) is 0 Å². The minimum absolute atomic E-state index is 0.0574. The molecule has 0 radical (unpaired) electrons. The summed E-state index contributed by atoms with van der Waals surface area (Å²) in [6, 6.07) is 6.30. The number of hydrogen-bond acceptors (Lipinski definition) is 5. The zero-order valence-corrected chi connectivity index (χ0v) is 15.8. The van der Waals surface area contributed by atoms with Crippen molar-refractivity contribution in [3.8, 4) is 0 Å². The van der Waals surface area contributed by atoms with Crippen LogP contribution in [0.2, 0.25) is 0 Å². The van der Waals surface area contributed by atoms with Crippen LogP contribution in [-0.2, 0) is 30.8 Å². The average molecular weight is 382 g/mol. The minimum atomic E-state index is -3.71. The van der Waals surface area contributed by atoms with E-state index in [4.69, 9.17) is 9.88 Å². The Kier molecular flexibility index (Phi) is 7.16. The lowest BCUT2D eigenvalue weighted by atomic mass is 9.84. The molecule has 1 saturated carbocycles. The molecule has 0 aromatic heterocycles. The normalized spacial score (nSPS) is 14.5. The highest BCUT2D eigenvalue weighted by molar-refractivity contribution is 7.89. The van der Waals surface area contributed by atoms with Crippen molar-refractivity contribution in [3.05, 3.63) is 29.8 Å². The van der Waals surface area contributed by atoms with E-state index in [1.807, 2.05) is 0 Å². The smallest absolute Gasteiger partial charge is 0.307 e. The molecule has 8 heteroatoms. The predicted octanol–water partition coefficient (Wildman–Crippen LogP) is 1.46. The first-order valence-electron chi connectivity index (χ1n) is 8.87. The van der Waals surface area contributed by atoms with Crippen LogP contribution in [0.1, 0.15) is 38.2 Å². The monoisotopic (exact) mass is 382 g/mol. The molecule has 2 N–H and O–H groups in total. The fourth-order valence-electron chi connectivity index (χ4n) is 2.81. The second kappa shape index (κ2) is 9.14. The van der Waals surface area contributed by atoms with E-state index in [2.05, 4.69) is 0 Å². The SMILES string of the molecule is CCOC(=O)CCN(CCc1ccc(S(N)(=O)=O)cc1)C(=O)C1CCC1. The maximum absolute atomic E-state index is 12.6. The molecule has 1 aliphatic carbocycles. The summed E-state index contributed by atoms with van der Waals surface area (Å²) in [5.41, 5.74) is 0.903. The third-order valence-electron chi connectivity index (χ3n) is 4.58. The standard InChI is InChI=1S/C18H26N2O5S/c1-2-25-17(21)11-13-20(18(22)15-4-3-5-15)12-10-14-6-8-16(9-7-14)26(19,23)24/h6-9,15H,2-5,10-13H2,1H3,(H2,19,23,24). The van der Waals surface area contributed by atoms with Gasteiger partial charge in [-0.25, -0.2) is 13.6 Å². The number of primary sulfonamides is 1. The summed E-state index contributed by atoms with van der Waals surface area (Å²) in [5, 5.41) is 5.09. The van der Waals surface area contributed by atoms with Gasteiger partial charge in [-0.15, -0.1) is 0 Å². The zero-order valence-electron chi connectivity index (χ0n) is 15.0. The quantitative estimate of drug-likeness (QED) is 0.651. The molecular formula is C18H26N2O5S. The molecule has 0 spiro atoms. The number of amides is 1. The first-order valence-corrected chi connectivity index (χ1v) is 10.4. The topological polar surface area (TPSA) is 107 Å². The number of nitrogens with two attached hydrogens (primary N) is 1. The first-order chi connectivity index (χ1) is 12.3. The summed E-state index contributed by atoms with van der Waals surface area (Å²) < 4.78 is 27.5. The Balaban J connectivity index is 1.96. The van der Waals surface area contributed by atoms with Gasteiger partial charge in [0, 0.05) is 19.0 Å². The lowest BCUT2D eigenvalue weighted by Crippen LogP contribution is -2.41. The summed E-state index contributed by atoms with van der Waals surface area (Å²) in [6.07, 6.45) is 3.62. The Hall–Kier alpha value is -1.93. The lowest BCUT2D eigenvalue weighted by molar-refractivity contribution is -0.145. The molecule has 7 nitrogen and oxygen atoms in total. The van der Waals surface area contributed by atoms with Crippen molar-refractivity contribution in [1.29, 1.82) is 0 Å². The summed E-state index contributed by atoms with van der Waals surface area (Å²) in [7, 11) is -3.71. The number of carbonyl (C=O) groups excluding carboxylic acids is 2. The van der Waals surface area contributed by atoms with Crippen molar-refractivity contribution in [2.75, 3.05) is 19.7 Å². The third-order valence-corrected chi connectivity index (χ3v) is 5.51. The van der Waals surface area contributed by atoms with Crippen LogP contribution < -0.4 is 5.14 Å². The van der Waals surface area contributed by atoms with Gasteiger partial charge in [-0.1, -0.05) is 18.6 Å². The van der Waals surface area contributed by atoms with Crippen molar-refractivity contribution in [2.24, 2.45) is 11.1 Å². The van der Waals surface area contributed by atoms with E-state index in [0.717, 1.165) is 24.8 Å². The van der Waals surface area contributed by atoms with Gasteiger partial charge >= 0.3 is 5.97 Å². The zero-order chi connectivity index (χ0) is 19.2. The van der Waals surface area contributed by atoms with Gasteiger partial charge in [-0.05, 0) is 43.9 Å². The maximum Gasteiger partial charge on any atom is 0.307 e. The molecule has 26 heavy (non-hydrogen) atoms. The second-order valence-corrected chi connectivity index (χ2v) is 8.01. The van der Waals surface area contributed by atoms with Crippen molar-refractivity contribution >= 4 is 21.9 Å². The fraction of sp³-hybridized carbons (Fsp3) is 0.556. The molecule has 2 rings (SSSR count). The predicted molar refractivity (Wildman–Crippen MR) is 96.7 cm³/mol. The number of esters is 1. The van der Waals surface area contributed by atoms with Crippen LogP contribution in [0.25, 0.3) is 0 Å². The average Bonchev–Trinajstić information content (AvgIpc) is 2.53. The number of sulfonamides is 1. The van der Waals surface area contributed by atoms with E-state index in [-0.39, 0.29) is 29.1 Å². The Morgan fingerprint density at radius 3 is 2.35 bits per heavy atom. The molecular weight excluding hydrogens is 356 g/mol. The Bertz CT molecular complexity index is 726. The molecule has 0 unspecified atom stereocenters. The maximum atomic E-state index is 12.6. The molecule has 1 aliphatic rings. The van der Waals surface area contributed by atoms with Gasteiger partial charge in [0.2, 0.25) is 15.9 Å². The number of hydrogen-bond donors (Lipinski definition) is 1. The van der Waals surface area contributed by atoms with Crippen LogP contribution >= 0.6 is 0 Å². The van der Waals surface area contributed by atoms with E-state index >= 15 is 0 Å². The number of ether oxygens (including phenoxy) is 1. The van der Waals surface area contributed by atoms with Crippen LogP contribution in [0.5, 0.6) is 0 Å². The molecule has 0 saturated heterocycles. The van der Waals surface area contributed by atoms with Crippen molar-refractivity contribution in [2.45, 2.75) is 43.9 Å². The van der Waals surface area contributed by atoms with Crippen LogP contribution in [0.3, 0.4) is 0 Å². The minimum Gasteiger partial charge on any atom is -0.466 e. The van der Waals surface area contributed by atoms with Gasteiger partial charge < -0.3 is 9.64 Å². The largest absolute Gasteiger partial charge is 0.466 e. The van der Waals surface area contributed by atoms with Gasteiger partial charge in [0.1, 0.15) is 0 Å². The molecule has 1 aromatic rings. The summed E-state index contributed by atoms with van der Waals surface area (Å²) in [5.74, 6) is -0.167. The van der Waals surface area contributed by atoms with Crippen LogP contribution in [0.15, 0.2) is 29.2 Å². The molecule has 1 aromatic carbocycles. The van der Waals surface area contributed by atoms with Gasteiger partial charge in [0.15, 0.2) is 0 Å². The highest BCUT2D eigenvalue weighted by Gasteiger charge is 2.29. The van der Waals surface area contributed by atoms with Crippen LogP contribution in [0.4, 0.5) is 0 Å². The van der Waals surface area contributed by atoms with Gasteiger partial charge in [0.25, 0.3) is 0 Å². The lowest BCUT2D eigenvalue weighted by Gasteiger charge is -2.31. The van der Waals surface area contributed by atoms with Crippen molar-refractivity contribution < 1.29 is 22.7 Å². The van der Waals surface area contributed by atoms with E-state index in [9.17, 15) is 18.0 Å². The Morgan fingerprint density at radius 1 is 1.19 bits per heavy atom. The molecule has 144 valence electrons. The molecule has 0 atom stereocenters. The van der Waals surface area contributed by atoms with E-state index in [0.29, 0.717) is 26.1 Å². The van der Waals surface area contributed by atoms with Gasteiger partial charge in [-0.3, -0.25) is 9.59 Å². The molecule has 1 amide bonds. The summed E-state index contributed by atoms with van der Waals surface area (Å²) in [6.45, 7) is 2.89. The van der Waals surface area contributed by atoms with Crippen LogP contribution in [0, 0.1) is 5.92 Å².